The van der Waals surface area contributed by atoms with Gasteiger partial charge in [-0.2, -0.15) is 5.10 Å². The number of para-hydroxylation sites is 2. The summed E-state index contributed by atoms with van der Waals surface area (Å²) in [6, 6.07) is 20.2. The molecule has 1 N–H and O–H groups in total. The molecule has 0 spiro atoms. The van der Waals surface area contributed by atoms with Crippen LogP contribution in [0.2, 0.25) is 0 Å². The van der Waals surface area contributed by atoms with E-state index in [0.717, 1.165) is 26.0 Å². The lowest BCUT2D eigenvalue weighted by atomic mass is 10.2. The lowest BCUT2D eigenvalue weighted by Crippen LogP contribution is -2.33. The summed E-state index contributed by atoms with van der Waals surface area (Å²) in [7, 11) is 0. The van der Waals surface area contributed by atoms with Gasteiger partial charge in [0, 0.05) is 14.7 Å². The molecule has 2 heterocycles. The highest BCUT2D eigenvalue weighted by Gasteiger charge is 2.24. The van der Waals surface area contributed by atoms with Gasteiger partial charge in [-0.1, -0.05) is 42.1 Å². The molecule has 1 aliphatic rings. The molecule has 124 valence electrons. The van der Waals surface area contributed by atoms with Gasteiger partial charge in [-0.15, -0.1) is 11.3 Å². The summed E-state index contributed by atoms with van der Waals surface area (Å²) in [5.74, 6) is -0.149. The Bertz CT molecular complexity index is 876. The van der Waals surface area contributed by atoms with Crippen LogP contribution in [0.5, 0.6) is 0 Å². The minimum Gasteiger partial charge on any atom is -0.330 e. The highest BCUT2D eigenvalue weighted by Crippen LogP contribution is 2.47. The Labute approximate surface area is 154 Å². The highest BCUT2D eigenvalue weighted by atomic mass is 32.2. The first-order valence-electron chi connectivity index (χ1n) is 7.80. The van der Waals surface area contributed by atoms with Gasteiger partial charge in [0.15, 0.2) is 0 Å². The number of nitrogens with zero attached hydrogens (tertiary/aromatic N) is 2. The molecule has 0 saturated heterocycles. The first kappa shape index (κ1) is 15.9. The van der Waals surface area contributed by atoms with Gasteiger partial charge in [0.05, 0.1) is 17.6 Å². The maximum atomic E-state index is 12.4. The van der Waals surface area contributed by atoms with Gasteiger partial charge >= 0.3 is 0 Å². The largest absolute Gasteiger partial charge is 0.330 e. The monoisotopic (exact) mass is 365 g/mol. The molecule has 1 amide bonds. The van der Waals surface area contributed by atoms with Crippen molar-refractivity contribution in [2.45, 2.75) is 9.79 Å². The Morgan fingerprint density at radius 3 is 2.32 bits per heavy atom. The van der Waals surface area contributed by atoms with Crippen LogP contribution in [-0.4, -0.2) is 18.7 Å². The van der Waals surface area contributed by atoms with Crippen LogP contribution in [0.25, 0.3) is 0 Å². The van der Waals surface area contributed by atoms with E-state index in [4.69, 9.17) is 0 Å². The van der Waals surface area contributed by atoms with Crippen molar-refractivity contribution in [2.24, 2.45) is 5.10 Å². The van der Waals surface area contributed by atoms with Crippen molar-refractivity contribution in [3.05, 3.63) is 70.9 Å². The number of benzene rings is 2. The molecule has 2 aromatic carbocycles. The van der Waals surface area contributed by atoms with Crippen molar-refractivity contribution in [1.82, 2.24) is 5.43 Å². The topological polar surface area (TPSA) is 44.7 Å². The Balaban J connectivity index is 1.54. The molecule has 0 bridgehead atoms. The Morgan fingerprint density at radius 1 is 1.00 bits per heavy atom. The van der Waals surface area contributed by atoms with E-state index in [-0.39, 0.29) is 12.5 Å². The molecule has 25 heavy (non-hydrogen) atoms. The quantitative estimate of drug-likeness (QED) is 0.547. The lowest BCUT2D eigenvalue weighted by molar-refractivity contribution is -0.119. The predicted octanol–water partition coefficient (Wildman–Crippen LogP) is 4.50. The second-order valence-corrected chi connectivity index (χ2v) is 7.50. The van der Waals surface area contributed by atoms with Crippen molar-refractivity contribution in [2.75, 3.05) is 11.4 Å². The second kappa shape index (κ2) is 7.13. The molecule has 1 aromatic heterocycles. The summed E-state index contributed by atoms with van der Waals surface area (Å²) in [4.78, 5) is 17.7. The smallest absolute Gasteiger partial charge is 0.260 e. The maximum Gasteiger partial charge on any atom is 0.260 e. The highest BCUT2D eigenvalue weighted by molar-refractivity contribution is 7.99. The summed E-state index contributed by atoms with van der Waals surface area (Å²) in [5, 5.41) is 6.02. The van der Waals surface area contributed by atoms with Crippen molar-refractivity contribution in [1.29, 1.82) is 0 Å². The number of hydrazone groups is 1. The van der Waals surface area contributed by atoms with Crippen LogP contribution >= 0.6 is 23.1 Å². The van der Waals surface area contributed by atoms with E-state index in [1.165, 1.54) is 0 Å². The number of fused-ring (bicyclic) bond motifs is 2. The zero-order chi connectivity index (χ0) is 17.1. The average molecular weight is 365 g/mol. The maximum absolute atomic E-state index is 12.4. The van der Waals surface area contributed by atoms with Crippen LogP contribution in [0.4, 0.5) is 11.4 Å². The van der Waals surface area contributed by atoms with Crippen molar-refractivity contribution in [3.63, 3.8) is 0 Å². The van der Waals surface area contributed by atoms with Crippen LogP contribution < -0.4 is 10.3 Å². The molecule has 0 unspecified atom stereocenters. The van der Waals surface area contributed by atoms with Crippen LogP contribution in [-0.2, 0) is 4.79 Å². The molecule has 0 atom stereocenters. The van der Waals surface area contributed by atoms with E-state index < -0.39 is 0 Å². The molecule has 0 fully saturated rings. The van der Waals surface area contributed by atoms with Crippen LogP contribution in [0, 0.1) is 0 Å². The van der Waals surface area contributed by atoms with E-state index in [9.17, 15) is 4.79 Å². The van der Waals surface area contributed by atoms with Crippen molar-refractivity contribution in [3.8, 4) is 0 Å². The van der Waals surface area contributed by atoms with Gasteiger partial charge in [0.1, 0.15) is 6.54 Å². The summed E-state index contributed by atoms with van der Waals surface area (Å²) in [6.45, 7) is 0.219. The van der Waals surface area contributed by atoms with Crippen LogP contribution in [0.15, 0.2) is 80.9 Å². The number of nitrogens with one attached hydrogen (secondary N) is 1. The fourth-order valence-electron chi connectivity index (χ4n) is 2.66. The summed E-state index contributed by atoms with van der Waals surface area (Å²) in [5.41, 5.74) is 4.71. The Kier molecular flexibility index (Phi) is 4.54. The molecule has 6 heteroatoms. The number of hydrogen-bond acceptors (Lipinski definition) is 5. The standard InChI is InChI=1S/C19H15N3OS2/c23-19(21-20-12-14-6-5-11-24-14)13-22-15-7-1-3-9-17(15)25-18-10-4-2-8-16(18)22/h1-12H,13H2,(H,21,23). The fraction of sp³-hybridized carbons (Fsp3) is 0.0526. The van der Waals surface area contributed by atoms with E-state index >= 15 is 0 Å². The zero-order valence-electron chi connectivity index (χ0n) is 13.3. The number of carbonyl (C=O) groups excluding carboxylic acids is 1. The molecular formula is C19H15N3OS2. The van der Waals surface area contributed by atoms with E-state index in [1.54, 1.807) is 29.3 Å². The average Bonchev–Trinajstić information content (AvgIpc) is 3.15. The van der Waals surface area contributed by atoms with E-state index in [1.807, 2.05) is 58.8 Å². The van der Waals surface area contributed by atoms with Crippen molar-refractivity contribution >= 4 is 46.6 Å². The SMILES string of the molecule is O=C(CN1c2ccccc2Sc2ccccc21)NN=Cc1cccs1. The molecule has 4 nitrogen and oxygen atoms in total. The number of carbonyl (C=O) groups is 1. The van der Waals surface area contributed by atoms with Gasteiger partial charge in [0.2, 0.25) is 0 Å². The normalized spacial score (nSPS) is 12.7. The molecule has 4 rings (SSSR count). The van der Waals surface area contributed by atoms with E-state index in [2.05, 4.69) is 22.7 Å². The zero-order valence-corrected chi connectivity index (χ0v) is 14.9. The third-order valence-electron chi connectivity index (χ3n) is 3.76. The van der Waals surface area contributed by atoms with Crippen LogP contribution in [0.3, 0.4) is 0 Å². The molecular weight excluding hydrogens is 350 g/mol. The second-order valence-electron chi connectivity index (χ2n) is 5.43. The third-order valence-corrected chi connectivity index (χ3v) is 5.70. The number of hydrogen-bond donors (Lipinski definition) is 1. The predicted molar refractivity (Wildman–Crippen MR) is 104 cm³/mol. The Hall–Kier alpha value is -2.57. The van der Waals surface area contributed by atoms with E-state index in [0.29, 0.717) is 0 Å². The van der Waals surface area contributed by atoms with Crippen molar-refractivity contribution < 1.29 is 4.79 Å². The Morgan fingerprint density at radius 2 is 1.68 bits per heavy atom. The fourth-order valence-corrected chi connectivity index (χ4v) is 4.34. The van der Waals surface area contributed by atoms with Gasteiger partial charge in [0.25, 0.3) is 5.91 Å². The molecule has 0 saturated carbocycles. The van der Waals surface area contributed by atoms with Gasteiger partial charge < -0.3 is 4.90 Å². The number of thiophene rings is 1. The molecule has 3 aromatic rings. The minimum atomic E-state index is -0.149. The summed E-state index contributed by atoms with van der Waals surface area (Å²) < 4.78 is 0. The van der Waals surface area contributed by atoms with Gasteiger partial charge in [-0.25, -0.2) is 5.43 Å². The molecule has 0 aliphatic carbocycles. The molecule has 1 aliphatic heterocycles. The minimum absolute atomic E-state index is 0.149. The first-order chi connectivity index (χ1) is 12.3. The van der Waals surface area contributed by atoms with Gasteiger partial charge in [-0.05, 0) is 35.7 Å². The third kappa shape index (κ3) is 3.45. The number of amides is 1. The summed E-state index contributed by atoms with van der Waals surface area (Å²) in [6.07, 6.45) is 1.66. The molecule has 0 radical (unpaired) electrons. The lowest BCUT2D eigenvalue weighted by Gasteiger charge is -2.31. The van der Waals surface area contributed by atoms with Crippen LogP contribution in [0.1, 0.15) is 4.88 Å². The first-order valence-corrected chi connectivity index (χ1v) is 9.50. The number of anilines is 2. The summed E-state index contributed by atoms with van der Waals surface area (Å²) >= 11 is 3.31. The van der Waals surface area contributed by atoms with Gasteiger partial charge in [-0.3, -0.25) is 4.79 Å². The number of rotatable bonds is 4.